The van der Waals surface area contributed by atoms with Crippen LogP contribution in [0.5, 0.6) is 0 Å². The third-order valence-corrected chi connectivity index (χ3v) is 5.04. The number of hydrogen-bond donors (Lipinski definition) is 2. The van der Waals surface area contributed by atoms with Crippen LogP contribution in [0.4, 0.5) is 0 Å². The molecule has 0 fully saturated rings. The molecule has 0 heterocycles. The standard InChI is InChI=1S/C17H30N4O3S.HI/c1-14-12-15(6-7-16(14)25(5,22)23)13-20-17(18-2)19-8-9-21(3)10-11-24-4;/h6-7,12H,8-11,13H2,1-5H3,(H2,18,19,20);1H. The van der Waals surface area contributed by atoms with Crippen LogP contribution >= 0.6 is 24.0 Å². The number of nitrogens with one attached hydrogen (secondary N) is 2. The van der Waals surface area contributed by atoms with E-state index in [-0.39, 0.29) is 24.0 Å². The topological polar surface area (TPSA) is 83.0 Å². The molecule has 0 saturated heterocycles. The molecule has 1 rings (SSSR count). The Kier molecular flexibility index (Phi) is 12.0. The molecule has 150 valence electrons. The third-order valence-electron chi connectivity index (χ3n) is 3.79. The fourth-order valence-electron chi connectivity index (χ4n) is 2.37. The van der Waals surface area contributed by atoms with Crippen molar-refractivity contribution in [1.29, 1.82) is 0 Å². The Balaban J connectivity index is 0.00000625. The van der Waals surface area contributed by atoms with Gasteiger partial charge in [-0.1, -0.05) is 12.1 Å². The van der Waals surface area contributed by atoms with E-state index in [9.17, 15) is 8.42 Å². The highest BCUT2D eigenvalue weighted by Gasteiger charge is 2.11. The molecule has 0 aliphatic heterocycles. The zero-order valence-corrected chi connectivity index (χ0v) is 19.4. The number of hydrogen-bond acceptors (Lipinski definition) is 5. The van der Waals surface area contributed by atoms with Crippen LogP contribution < -0.4 is 10.6 Å². The molecule has 0 spiro atoms. The number of halogens is 1. The SMILES string of the molecule is CN=C(NCCN(C)CCOC)NCc1ccc(S(C)(=O)=O)c(C)c1.I. The Morgan fingerprint density at radius 2 is 1.96 bits per heavy atom. The molecular weight excluding hydrogens is 467 g/mol. The molecule has 1 aromatic rings. The van der Waals surface area contributed by atoms with E-state index >= 15 is 0 Å². The molecule has 2 N–H and O–H groups in total. The van der Waals surface area contributed by atoms with E-state index in [1.54, 1.807) is 20.2 Å². The zero-order chi connectivity index (χ0) is 18.9. The molecule has 0 amide bonds. The van der Waals surface area contributed by atoms with Crippen molar-refractivity contribution in [2.75, 3.05) is 53.7 Å². The number of rotatable bonds is 9. The molecule has 7 nitrogen and oxygen atoms in total. The van der Waals surface area contributed by atoms with Crippen LogP contribution in [0.3, 0.4) is 0 Å². The van der Waals surface area contributed by atoms with E-state index in [1.165, 1.54) is 6.26 Å². The van der Waals surface area contributed by atoms with Crippen LogP contribution in [0.1, 0.15) is 11.1 Å². The number of methoxy groups -OCH3 is 1. The summed E-state index contributed by atoms with van der Waals surface area (Å²) in [6.45, 7) is 5.63. The first-order chi connectivity index (χ1) is 11.8. The lowest BCUT2D eigenvalue weighted by Crippen LogP contribution is -2.41. The number of guanidine groups is 1. The monoisotopic (exact) mass is 498 g/mol. The summed E-state index contributed by atoms with van der Waals surface area (Å²) in [5.41, 5.74) is 1.76. The van der Waals surface area contributed by atoms with E-state index in [1.807, 2.05) is 26.1 Å². The van der Waals surface area contributed by atoms with Crippen molar-refractivity contribution >= 4 is 39.8 Å². The first kappa shape index (κ1) is 25.1. The Bertz CT molecular complexity index is 681. The summed E-state index contributed by atoms with van der Waals surface area (Å²) in [6, 6.07) is 5.36. The lowest BCUT2D eigenvalue weighted by molar-refractivity contribution is 0.162. The molecule has 0 aliphatic rings. The van der Waals surface area contributed by atoms with Crippen molar-refractivity contribution in [3.8, 4) is 0 Å². The summed E-state index contributed by atoms with van der Waals surface area (Å²) in [5.74, 6) is 0.713. The Morgan fingerprint density at radius 3 is 2.50 bits per heavy atom. The van der Waals surface area contributed by atoms with Gasteiger partial charge in [-0.25, -0.2) is 8.42 Å². The van der Waals surface area contributed by atoms with Crippen LogP contribution in [-0.2, 0) is 21.1 Å². The van der Waals surface area contributed by atoms with Gasteiger partial charge in [-0.2, -0.15) is 0 Å². The lowest BCUT2D eigenvalue weighted by atomic mass is 10.1. The number of likely N-dealkylation sites (N-methyl/N-ethyl adjacent to an activating group) is 1. The molecule has 0 aliphatic carbocycles. The Hall–Kier alpha value is -0.910. The maximum absolute atomic E-state index is 11.7. The normalized spacial score (nSPS) is 12.0. The molecule has 0 unspecified atom stereocenters. The molecule has 0 radical (unpaired) electrons. The van der Waals surface area contributed by atoms with Gasteiger partial charge in [0.25, 0.3) is 0 Å². The van der Waals surface area contributed by atoms with E-state index in [0.29, 0.717) is 24.0 Å². The quantitative estimate of drug-likeness (QED) is 0.303. The van der Waals surface area contributed by atoms with Crippen LogP contribution in [0.25, 0.3) is 0 Å². The number of aryl methyl sites for hydroxylation is 1. The summed E-state index contributed by atoms with van der Waals surface area (Å²) in [7, 11) is 2.28. The second kappa shape index (κ2) is 12.5. The van der Waals surface area contributed by atoms with Gasteiger partial charge in [0, 0.05) is 46.6 Å². The summed E-state index contributed by atoms with van der Waals surface area (Å²) in [4.78, 5) is 6.75. The van der Waals surface area contributed by atoms with Gasteiger partial charge in [0.15, 0.2) is 15.8 Å². The van der Waals surface area contributed by atoms with Gasteiger partial charge in [0.05, 0.1) is 11.5 Å². The van der Waals surface area contributed by atoms with Crippen LogP contribution in [0, 0.1) is 6.92 Å². The number of ether oxygens (including phenoxy) is 1. The molecule has 0 atom stereocenters. The highest BCUT2D eigenvalue weighted by atomic mass is 127. The van der Waals surface area contributed by atoms with Crippen molar-refractivity contribution < 1.29 is 13.2 Å². The average Bonchev–Trinajstić information content (AvgIpc) is 2.54. The minimum absolute atomic E-state index is 0. The number of nitrogens with zero attached hydrogens (tertiary/aromatic N) is 2. The first-order valence-electron chi connectivity index (χ1n) is 8.19. The van der Waals surface area contributed by atoms with Gasteiger partial charge in [-0.05, 0) is 31.2 Å². The van der Waals surface area contributed by atoms with Crippen molar-refractivity contribution in [1.82, 2.24) is 15.5 Å². The fourth-order valence-corrected chi connectivity index (χ4v) is 3.33. The number of sulfone groups is 1. The summed E-state index contributed by atoms with van der Waals surface area (Å²) >= 11 is 0. The van der Waals surface area contributed by atoms with Crippen LogP contribution in [-0.4, -0.2) is 73.0 Å². The highest BCUT2D eigenvalue weighted by molar-refractivity contribution is 14.0. The van der Waals surface area contributed by atoms with Crippen LogP contribution in [0.2, 0.25) is 0 Å². The van der Waals surface area contributed by atoms with Crippen molar-refractivity contribution in [2.45, 2.75) is 18.4 Å². The van der Waals surface area contributed by atoms with Crippen molar-refractivity contribution in [2.24, 2.45) is 4.99 Å². The Labute approximate surface area is 174 Å². The minimum atomic E-state index is -3.18. The van der Waals surface area contributed by atoms with Crippen LogP contribution in [0.15, 0.2) is 28.1 Å². The molecule has 9 heteroatoms. The smallest absolute Gasteiger partial charge is 0.191 e. The second-order valence-corrected chi connectivity index (χ2v) is 8.00. The highest BCUT2D eigenvalue weighted by Crippen LogP contribution is 2.16. The fraction of sp³-hybridized carbons (Fsp3) is 0.588. The average molecular weight is 498 g/mol. The first-order valence-corrected chi connectivity index (χ1v) is 10.1. The van der Waals surface area contributed by atoms with Gasteiger partial charge in [0.2, 0.25) is 0 Å². The molecule has 0 bridgehead atoms. The maximum atomic E-state index is 11.7. The van der Waals surface area contributed by atoms with Crippen molar-refractivity contribution in [3.05, 3.63) is 29.3 Å². The molecule has 1 aromatic carbocycles. The molecule has 0 saturated carbocycles. The second-order valence-electron chi connectivity index (χ2n) is 6.02. The third kappa shape index (κ3) is 9.15. The number of aliphatic imine (C=N–C) groups is 1. The van der Waals surface area contributed by atoms with E-state index < -0.39 is 9.84 Å². The minimum Gasteiger partial charge on any atom is -0.383 e. The maximum Gasteiger partial charge on any atom is 0.191 e. The predicted molar refractivity (Wildman–Crippen MR) is 117 cm³/mol. The summed E-state index contributed by atoms with van der Waals surface area (Å²) in [6.07, 6.45) is 1.22. The zero-order valence-electron chi connectivity index (χ0n) is 16.2. The van der Waals surface area contributed by atoms with Gasteiger partial charge < -0.3 is 20.3 Å². The summed E-state index contributed by atoms with van der Waals surface area (Å²) in [5, 5.41) is 6.49. The van der Waals surface area contributed by atoms with Gasteiger partial charge in [0.1, 0.15) is 0 Å². The molecular formula is C17H31IN4O3S. The predicted octanol–water partition coefficient (Wildman–Crippen LogP) is 1.26. The van der Waals surface area contributed by atoms with Gasteiger partial charge in [-0.15, -0.1) is 24.0 Å². The van der Waals surface area contributed by atoms with Crippen molar-refractivity contribution in [3.63, 3.8) is 0 Å². The van der Waals surface area contributed by atoms with Gasteiger partial charge >= 0.3 is 0 Å². The molecule has 0 aromatic heterocycles. The Morgan fingerprint density at radius 1 is 1.27 bits per heavy atom. The van der Waals surface area contributed by atoms with Gasteiger partial charge in [-0.3, -0.25) is 4.99 Å². The van der Waals surface area contributed by atoms with E-state index in [2.05, 4.69) is 20.5 Å². The van der Waals surface area contributed by atoms with E-state index in [0.717, 1.165) is 30.8 Å². The summed E-state index contributed by atoms with van der Waals surface area (Å²) < 4.78 is 28.4. The number of benzene rings is 1. The molecule has 26 heavy (non-hydrogen) atoms. The lowest BCUT2D eigenvalue weighted by Gasteiger charge is -2.18. The van der Waals surface area contributed by atoms with E-state index in [4.69, 9.17) is 4.74 Å². The largest absolute Gasteiger partial charge is 0.383 e.